The first-order valence-corrected chi connectivity index (χ1v) is 7.89. The molecule has 1 saturated heterocycles. The van der Waals surface area contributed by atoms with E-state index in [-0.39, 0.29) is 5.54 Å². The Labute approximate surface area is 119 Å². The molecule has 0 aromatic carbocycles. The van der Waals surface area contributed by atoms with Crippen molar-refractivity contribution in [3.8, 4) is 0 Å². The fourth-order valence-corrected chi connectivity index (χ4v) is 3.72. The Morgan fingerprint density at radius 1 is 1.05 bits per heavy atom. The van der Waals surface area contributed by atoms with E-state index < -0.39 is 0 Å². The van der Waals surface area contributed by atoms with Gasteiger partial charge in [0, 0.05) is 25.2 Å². The van der Waals surface area contributed by atoms with Crippen molar-refractivity contribution < 1.29 is 4.74 Å². The number of nitrogens with zero attached hydrogens (tertiary/aromatic N) is 1. The molecule has 1 aliphatic heterocycles. The summed E-state index contributed by atoms with van der Waals surface area (Å²) < 4.78 is 5.88. The molecule has 0 aromatic heterocycles. The van der Waals surface area contributed by atoms with E-state index in [1.807, 2.05) is 0 Å². The number of hydrogen-bond donors (Lipinski definition) is 1. The van der Waals surface area contributed by atoms with Gasteiger partial charge in [0.1, 0.15) is 0 Å². The monoisotopic (exact) mass is 270 g/mol. The van der Waals surface area contributed by atoms with Gasteiger partial charge in [-0.05, 0) is 38.5 Å². The molecule has 2 atom stereocenters. The second kappa shape index (κ2) is 7.05. The SMILES string of the molecule is CC(C)CC(CN)(CC(C)C)N1CC(C)OC(C)C1. The lowest BCUT2D eigenvalue weighted by Gasteiger charge is -2.50. The summed E-state index contributed by atoms with van der Waals surface area (Å²) in [4.78, 5) is 2.62. The lowest BCUT2D eigenvalue weighted by Crippen LogP contribution is -2.61. The summed E-state index contributed by atoms with van der Waals surface area (Å²) in [5.74, 6) is 1.35. The molecule has 1 heterocycles. The van der Waals surface area contributed by atoms with Gasteiger partial charge in [0.15, 0.2) is 0 Å². The number of morpholine rings is 1. The van der Waals surface area contributed by atoms with Crippen LogP contribution in [0, 0.1) is 11.8 Å². The summed E-state index contributed by atoms with van der Waals surface area (Å²) in [5.41, 5.74) is 6.39. The number of rotatable bonds is 6. The molecule has 2 N–H and O–H groups in total. The third-order valence-electron chi connectivity index (χ3n) is 4.05. The minimum atomic E-state index is 0.147. The topological polar surface area (TPSA) is 38.5 Å². The molecule has 114 valence electrons. The van der Waals surface area contributed by atoms with Crippen molar-refractivity contribution in [2.75, 3.05) is 19.6 Å². The van der Waals surface area contributed by atoms with E-state index in [2.05, 4.69) is 46.4 Å². The summed E-state index contributed by atoms with van der Waals surface area (Å²) in [6.45, 7) is 16.3. The van der Waals surface area contributed by atoms with Crippen LogP contribution in [0.4, 0.5) is 0 Å². The average Bonchev–Trinajstić information content (AvgIpc) is 2.25. The summed E-state index contributed by atoms with van der Waals surface area (Å²) >= 11 is 0. The quantitative estimate of drug-likeness (QED) is 0.806. The van der Waals surface area contributed by atoms with E-state index >= 15 is 0 Å². The van der Waals surface area contributed by atoms with Gasteiger partial charge in [-0.15, -0.1) is 0 Å². The van der Waals surface area contributed by atoms with Crippen molar-refractivity contribution in [3.05, 3.63) is 0 Å². The molecule has 1 fully saturated rings. The maximum absolute atomic E-state index is 6.24. The molecule has 0 spiro atoms. The van der Waals surface area contributed by atoms with Gasteiger partial charge in [0.25, 0.3) is 0 Å². The van der Waals surface area contributed by atoms with Crippen LogP contribution in [0.5, 0.6) is 0 Å². The molecule has 0 aliphatic carbocycles. The molecule has 0 radical (unpaired) electrons. The van der Waals surface area contributed by atoms with Crippen LogP contribution in [0.1, 0.15) is 54.4 Å². The molecule has 3 heteroatoms. The average molecular weight is 270 g/mol. The van der Waals surface area contributed by atoms with Gasteiger partial charge < -0.3 is 10.5 Å². The van der Waals surface area contributed by atoms with Gasteiger partial charge in [-0.1, -0.05) is 27.7 Å². The van der Waals surface area contributed by atoms with Crippen LogP contribution in [0.25, 0.3) is 0 Å². The van der Waals surface area contributed by atoms with Gasteiger partial charge in [-0.2, -0.15) is 0 Å². The zero-order valence-electron chi connectivity index (χ0n) is 13.8. The Hall–Kier alpha value is -0.120. The highest BCUT2D eigenvalue weighted by Crippen LogP contribution is 2.32. The third-order valence-corrected chi connectivity index (χ3v) is 4.05. The second-order valence-corrected chi connectivity index (χ2v) is 7.29. The first kappa shape index (κ1) is 16.9. The van der Waals surface area contributed by atoms with Gasteiger partial charge in [0.2, 0.25) is 0 Å². The molecule has 2 unspecified atom stereocenters. The van der Waals surface area contributed by atoms with Gasteiger partial charge >= 0.3 is 0 Å². The highest BCUT2D eigenvalue weighted by molar-refractivity contribution is 4.96. The van der Waals surface area contributed by atoms with Crippen LogP contribution in [0.3, 0.4) is 0 Å². The molecule has 1 rings (SSSR count). The van der Waals surface area contributed by atoms with E-state index in [1.165, 1.54) is 12.8 Å². The standard InChI is InChI=1S/C16H34N2O/c1-12(2)7-16(11-17,8-13(3)4)18-9-14(5)19-15(6)10-18/h12-15H,7-11,17H2,1-6H3. The smallest absolute Gasteiger partial charge is 0.0678 e. The first-order chi connectivity index (χ1) is 8.79. The zero-order chi connectivity index (χ0) is 14.6. The first-order valence-electron chi connectivity index (χ1n) is 7.89. The molecular weight excluding hydrogens is 236 g/mol. The highest BCUT2D eigenvalue weighted by atomic mass is 16.5. The molecule has 0 aromatic rings. The molecule has 0 bridgehead atoms. The predicted octanol–water partition coefficient (Wildman–Crippen LogP) is 2.89. The molecule has 3 nitrogen and oxygen atoms in total. The Balaban J connectivity index is 2.92. The minimum Gasteiger partial charge on any atom is -0.373 e. The Morgan fingerprint density at radius 3 is 1.79 bits per heavy atom. The van der Waals surface area contributed by atoms with E-state index in [0.717, 1.165) is 19.6 Å². The van der Waals surface area contributed by atoms with Crippen molar-refractivity contribution in [3.63, 3.8) is 0 Å². The zero-order valence-corrected chi connectivity index (χ0v) is 13.8. The van der Waals surface area contributed by atoms with Crippen LogP contribution in [0.2, 0.25) is 0 Å². The lowest BCUT2D eigenvalue weighted by molar-refractivity contribution is -0.108. The molecular formula is C16H34N2O. The fraction of sp³-hybridized carbons (Fsp3) is 1.00. The lowest BCUT2D eigenvalue weighted by atomic mass is 9.79. The van der Waals surface area contributed by atoms with E-state index in [9.17, 15) is 0 Å². The third kappa shape index (κ3) is 4.73. The van der Waals surface area contributed by atoms with Crippen molar-refractivity contribution in [1.82, 2.24) is 4.90 Å². The van der Waals surface area contributed by atoms with Crippen LogP contribution in [-0.4, -0.2) is 42.3 Å². The van der Waals surface area contributed by atoms with Crippen molar-refractivity contribution in [2.24, 2.45) is 17.6 Å². The Bertz CT molecular complexity index is 245. The summed E-state index contributed by atoms with van der Waals surface area (Å²) in [5, 5.41) is 0. The highest BCUT2D eigenvalue weighted by Gasteiger charge is 2.40. The molecule has 0 amide bonds. The van der Waals surface area contributed by atoms with Gasteiger partial charge in [-0.25, -0.2) is 0 Å². The maximum atomic E-state index is 6.24. The summed E-state index contributed by atoms with van der Waals surface area (Å²) in [7, 11) is 0. The molecule has 1 aliphatic rings. The Morgan fingerprint density at radius 2 is 1.47 bits per heavy atom. The Kier molecular flexibility index (Phi) is 6.28. The minimum absolute atomic E-state index is 0.147. The van der Waals surface area contributed by atoms with E-state index in [4.69, 9.17) is 10.5 Å². The summed E-state index contributed by atoms with van der Waals surface area (Å²) in [6, 6.07) is 0. The normalized spacial score (nSPS) is 26.4. The predicted molar refractivity (Wildman–Crippen MR) is 82.3 cm³/mol. The van der Waals surface area contributed by atoms with Crippen LogP contribution in [-0.2, 0) is 4.74 Å². The van der Waals surface area contributed by atoms with E-state index in [0.29, 0.717) is 24.0 Å². The van der Waals surface area contributed by atoms with Gasteiger partial charge in [-0.3, -0.25) is 4.90 Å². The van der Waals surface area contributed by atoms with Crippen molar-refractivity contribution >= 4 is 0 Å². The van der Waals surface area contributed by atoms with Crippen molar-refractivity contribution in [1.29, 1.82) is 0 Å². The molecule has 19 heavy (non-hydrogen) atoms. The molecule has 0 saturated carbocycles. The number of ether oxygens (including phenoxy) is 1. The van der Waals surface area contributed by atoms with Crippen molar-refractivity contribution in [2.45, 2.75) is 72.1 Å². The van der Waals surface area contributed by atoms with Crippen LogP contribution >= 0.6 is 0 Å². The van der Waals surface area contributed by atoms with Crippen LogP contribution < -0.4 is 5.73 Å². The number of hydrogen-bond acceptors (Lipinski definition) is 3. The fourth-order valence-electron chi connectivity index (χ4n) is 3.72. The number of nitrogens with two attached hydrogens (primary N) is 1. The maximum Gasteiger partial charge on any atom is 0.0678 e. The van der Waals surface area contributed by atoms with Gasteiger partial charge in [0.05, 0.1) is 12.2 Å². The summed E-state index contributed by atoms with van der Waals surface area (Å²) in [6.07, 6.45) is 2.99. The second-order valence-electron chi connectivity index (χ2n) is 7.29. The van der Waals surface area contributed by atoms with E-state index in [1.54, 1.807) is 0 Å². The largest absolute Gasteiger partial charge is 0.373 e. The van der Waals surface area contributed by atoms with Crippen LogP contribution in [0.15, 0.2) is 0 Å².